The number of hydrogen-bond acceptors (Lipinski definition) is 1. The number of halogens is 3. The lowest BCUT2D eigenvalue weighted by molar-refractivity contribution is 0.406. The maximum Gasteiger partial charge on any atom is 0.141 e. The summed E-state index contributed by atoms with van der Waals surface area (Å²) in [5.74, 6) is 0.249. The Morgan fingerprint density at radius 2 is 2.08 bits per heavy atom. The van der Waals surface area contributed by atoms with E-state index in [2.05, 4.69) is 31.9 Å². The highest BCUT2D eigenvalue weighted by Crippen LogP contribution is 2.34. The number of methoxy groups -OCH3 is 1. The van der Waals surface area contributed by atoms with Crippen LogP contribution < -0.4 is 4.74 Å². The van der Waals surface area contributed by atoms with Crippen LogP contribution in [0.5, 0.6) is 5.75 Å². The molecule has 0 saturated heterocycles. The van der Waals surface area contributed by atoms with Gasteiger partial charge in [0, 0.05) is 16.5 Å². The van der Waals surface area contributed by atoms with Gasteiger partial charge in [-0.3, -0.25) is 0 Å². The Hall–Kier alpha value is -0.0900. The summed E-state index contributed by atoms with van der Waals surface area (Å²) in [5.41, 5.74) is 0.927. The molecule has 1 atom stereocenters. The van der Waals surface area contributed by atoms with E-state index in [1.54, 1.807) is 6.07 Å². The van der Waals surface area contributed by atoms with Gasteiger partial charge in [-0.05, 0) is 28.9 Å². The lowest BCUT2D eigenvalue weighted by atomic mass is 10.1. The van der Waals surface area contributed by atoms with Crippen LogP contribution in [0.25, 0.3) is 0 Å². The molecule has 0 bridgehead atoms. The summed E-state index contributed by atoms with van der Waals surface area (Å²) in [6.45, 7) is 1.96. The average molecular weight is 312 g/mol. The SMILES string of the molecule is COc1cc(F)c(Br)cc1C(C)Br. The summed E-state index contributed by atoms with van der Waals surface area (Å²) in [4.78, 5) is 0.138. The summed E-state index contributed by atoms with van der Waals surface area (Å²) in [5, 5.41) is 0. The zero-order chi connectivity index (χ0) is 10.0. The van der Waals surface area contributed by atoms with E-state index >= 15 is 0 Å². The van der Waals surface area contributed by atoms with Crippen molar-refractivity contribution in [2.75, 3.05) is 7.11 Å². The van der Waals surface area contributed by atoms with Crippen LogP contribution in [0.1, 0.15) is 17.3 Å². The molecule has 1 rings (SSSR count). The minimum absolute atomic E-state index is 0.138. The molecule has 0 fully saturated rings. The van der Waals surface area contributed by atoms with Gasteiger partial charge in [0.05, 0.1) is 11.6 Å². The molecule has 0 saturated carbocycles. The van der Waals surface area contributed by atoms with E-state index < -0.39 is 0 Å². The van der Waals surface area contributed by atoms with Crippen LogP contribution in [0, 0.1) is 5.82 Å². The van der Waals surface area contributed by atoms with Gasteiger partial charge in [-0.15, -0.1) is 0 Å². The number of hydrogen-bond donors (Lipinski definition) is 0. The van der Waals surface area contributed by atoms with Gasteiger partial charge in [0.25, 0.3) is 0 Å². The molecule has 0 N–H and O–H groups in total. The van der Waals surface area contributed by atoms with E-state index in [1.807, 2.05) is 6.92 Å². The highest BCUT2D eigenvalue weighted by atomic mass is 79.9. The van der Waals surface area contributed by atoms with E-state index in [4.69, 9.17) is 4.74 Å². The fourth-order valence-electron chi connectivity index (χ4n) is 1.03. The number of rotatable bonds is 2. The third-order valence-corrected chi connectivity index (χ3v) is 2.80. The molecule has 0 aliphatic heterocycles. The average Bonchev–Trinajstić information content (AvgIpc) is 2.08. The fourth-order valence-corrected chi connectivity index (χ4v) is 1.75. The van der Waals surface area contributed by atoms with Gasteiger partial charge in [0.2, 0.25) is 0 Å². The normalized spacial score (nSPS) is 12.7. The standard InChI is InChI=1S/C9H9Br2FO/c1-5(10)6-3-7(11)8(12)4-9(6)13-2/h3-5H,1-2H3. The molecule has 0 aromatic heterocycles. The minimum atomic E-state index is -0.311. The van der Waals surface area contributed by atoms with Crippen molar-refractivity contribution in [2.45, 2.75) is 11.8 Å². The van der Waals surface area contributed by atoms with E-state index in [1.165, 1.54) is 13.2 Å². The maximum atomic E-state index is 13.1. The van der Waals surface area contributed by atoms with Crippen molar-refractivity contribution in [1.82, 2.24) is 0 Å². The molecule has 1 nitrogen and oxygen atoms in total. The van der Waals surface area contributed by atoms with E-state index in [0.717, 1.165) is 5.56 Å². The molecule has 0 radical (unpaired) electrons. The molecule has 0 amide bonds. The second-order valence-electron chi connectivity index (χ2n) is 2.62. The first-order chi connectivity index (χ1) is 6.06. The van der Waals surface area contributed by atoms with Crippen molar-refractivity contribution in [3.63, 3.8) is 0 Å². The van der Waals surface area contributed by atoms with Gasteiger partial charge in [0.1, 0.15) is 11.6 Å². The highest BCUT2D eigenvalue weighted by molar-refractivity contribution is 9.10. The van der Waals surface area contributed by atoms with Crippen molar-refractivity contribution in [3.8, 4) is 5.75 Å². The van der Waals surface area contributed by atoms with Gasteiger partial charge in [-0.1, -0.05) is 15.9 Å². The molecule has 13 heavy (non-hydrogen) atoms. The van der Waals surface area contributed by atoms with Gasteiger partial charge < -0.3 is 4.74 Å². The van der Waals surface area contributed by atoms with Crippen molar-refractivity contribution in [1.29, 1.82) is 0 Å². The second kappa shape index (κ2) is 4.42. The molecule has 4 heteroatoms. The Morgan fingerprint density at radius 1 is 1.46 bits per heavy atom. The van der Waals surface area contributed by atoms with Crippen LogP contribution in [0.3, 0.4) is 0 Å². The molecule has 0 heterocycles. The first-order valence-electron chi connectivity index (χ1n) is 3.73. The van der Waals surface area contributed by atoms with Crippen molar-refractivity contribution in [3.05, 3.63) is 28.0 Å². The monoisotopic (exact) mass is 310 g/mol. The third kappa shape index (κ3) is 2.44. The molecular weight excluding hydrogens is 303 g/mol. The largest absolute Gasteiger partial charge is 0.496 e. The number of alkyl halides is 1. The van der Waals surface area contributed by atoms with Crippen LogP contribution in [-0.2, 0) is 0 Å². The van der Waals surface area contributed by atoms with E-state index in [-0.39, 0.29) is 10.6 Å². The van der Waals surface area contributed by atoms with Gasteiger partial charge in [-0.2, -0.15) is 0 Å². The molecule has 0 aliphatic rings. The van der Waals surface area contributed by atoms with Crippen LogP contribution in [0.4, 0.5) is 4.39 Å². The second-order valence-corrected chi connectivity index (χ2v) is 4.85. The molecule has 0 aliphatic carbocycles. The van der Waals surface area contributed by atoms with Crippen molar-refractivity contribution < 1.29 is 9.13 Å². The zero-order valence-corrected chi connectivity index (χ0v) is 10.4. The van der Waals surface area contributed by atoms with Gasteiger partial charge >= 0.3 is 0 Å². The summed E-state index contributed by atoms with van der Waals surface area (Å²) < 4.78 is 18.6. The summed E-state index contributed by atoms with van der Waals surface area (Å²) >= 11 is 6.54. The van der Waals surface area contributed by atoms with Gasteiger partial charge in [0.15, 0.2) is 0 Å². The lowest BCUT2D eigenvalue weighted by Crippen LogP contribution is -1.94. The Bertz CT molecular complexity index is 313. The van der Waals surface area contributed by atoms with Crippen molar-refractivity contribution >= 4 is 31.9 Å². The minimum Gasteiger partial charge on any atom is -0.496 e. The number of benzene rings is 1. The Morgan fingerprint density at radius 3 is 2.54 bits per heavy atom. The first kappa shape index (κ1) is 11.0. The van der Waals surface area contributed by atoms with E-state index in [9.17, 15) is 4.39 Å². The van der Waals surface area contributed by atoms with Crippen LogP contribution in [-0.4, -0.2) is 7.11 Å². The lowest BCUT2D eigenvalue weighted by Gasteiger charge is -2.11. The van der Waals surface area contributed by atoms with E-state index in [0.29, 0.717) is 10.2 Å². The Kier molecular flexibility index (Phi) is 3.74. The van der Waals surface area contributed by atoms with Crippen LogP contribution in [0.15, 0.2) is 16.6 Å². The predicted molar refractivity (Wildman–Crippen MR) is 58.0 cm³/mol. The molecule has 0 spiro atoms. The Balaban J connectivity index is 3.25. The number of ether oxygens (including phenoxy) is 1. The molecule has 1 unspecified atom stereocenters. The maximum absolute atomic E-state index is 13.1. The summed E-state index contributed by atoms with van der Waals surface area (Å²) in [6.07, 6.45) is 0. The quantitative estimate of drug-likeness (QED) is 0.749. The van der Waals surface area contributed by atoms with Crippen molar-refractivity contribution in [2.24, 2.45) is 0 Å². The first-order valence-corrected chi connectivity index (χ1v) is 5.44. The third-order valence-electron chi connectivity index (χ3n) is 1.70. The molecular formula is C9H9Br2FO. The van der Waals surface area contributed by atoms with Crippen LogP contribution >= 0.6 is 31.9 Å². The van der Waals surface area contributed by atoms with Gasteiger partial charge in [-0.25, -0.2) is 4.39 Å². The highest BCUT2D eigenvalue weighted by Gasteiger charge is 2.12. The van der Waals surface area contributed by atoms with Crippen LogP contribution in [0.2, 0.25) is 0 Å². The topological polar surface area (TPSA) is 9.23 Å². The molecule has 72 valence electrons. The summed E-state index contributed by atoms with van der Waals surface area (Å²) in [6, 6.07) is 3.09. The predicted octanol–water partition coefficient (Wildman–Crippen LogP) is 4.05. The fraction of sp³-hybridized carbons (Fsp3) is 0.333. The molecule has 1 aromatic rings. The zero-order valence-electron chi connectivity index (χ0n) is 7.27. The summed E-state index contributed by atoms with van der Waals surface area (Å²) in [7, 11) is 1.53. The molecule has 1 aromatic carbocycles. The smallest absolute Gasteiger partial charge is 0.141 e. The Labute approximate surface area is 93.5 Å².